The van der Waals surface area contributed by atoms with Crippen molar-refractivity contribution in [2.75, 3.05) is 0 Å². The van der Waals surface area contributed by atoms with Gasteiger partial charge >= 0.3 is 10.1 Å². The van der Waals surface area contributed by atoms with Gasteiger partial charge in [-0.1, -0.05) is 40.2 Å². The standard InChI is InChI=1S/C21H17Br2NO3S/c1-14-8-9-18(10-15(14)2)24-13-16-11-17(22)12-20(23)21(16)27-28(25,26)19-6-4-3-5-7-19/h3-13H,1-2H3. The molecule has 0 saturated carbocycles. The van der Waals surface area contributed by atoms with E-state index in [0.29, 0.717) is 10.0 Å². The Labute approximate surface area is 181 Å². The van der Waals surface area contributed by atoms with E-state index in [9.17, 15) is 8.42 Å². The molecule has 0 aliphatic rings. The predicted molar refractivity (Wildman–Crippen MR) is 119 cm³/mol. The van der Waals surface area contributed by atoms with Gasteiger partial charge in [0.25, 0.3) is 0 Å². The van der Waals surface area contributed by atoms with Gasteiger partial charge in [0.2, 0.25) is 0 Å². The molecule has 0 heterocycles. The Kier molecular flexibility index (Phi) is 6.37. The molecule has 0 unspecified atom stereocenters. The summed E-state index contributed by atoms with van der Waals surface area (Å²) >= 11 is 6.81. The number of aryl methyl sites for hydroxylation is 2. The van der Waals surface area contributed by atoms with Gasteiger partial charge in [0.15, 0.2) is 5.75 Å². The molecule has 0 bridgehead atoms. The summed E-state index contributed by atoms with van der Waals surface area (Å²) < 4.78 is 32.0. The Morgan fingerprint density at radius 1 is 0.929 bits per heavy atom. The molecule has 144 valence electrons. The molecule has 3 aromatic carbocycles. The number of benzene rings is 3. The van der Waals surface area contributed by atoms with Crippen LogP contribution >= 0.6 is 31.9 Å². The van der Waals surface area contributed by atoms with E-state index in [-0.39, 0.29) is 10.6 Å². The van der Waals surface area contributed by atoms with Crippen LogP contribution in [0.5, 0.6) is 5.75 Å². The third-order valence-electron chi connectivity index (χ3n) is 4.11. The van der Waals surface area contributed by atoms with Crippen LogP contribution in [-0.4, -0.2) is 14.6 Å². The highest BCUT2D eigenvalue weighted by Gasteiger charge is 2.20. The lowest BCUT2D eigenvalue weighted by Crippen LogP contribution is -2.11. The molecular weight excluding hydrogens is 506 g/mol. The Morgan fingerprint density at radius 2 is 1.64 bits per heavy atom. The van der Waals surface area contributed by atoms with Crippen LogP contribution in [0.2, 0.25) is 0 Å². The molecule has 3 aromatic rings. The van der Waals surface area contributed by atoms with E-state index in [4.69, 9.17) is 4.18 Å². The van der Waals surface area contributed by atoms with Gasteiger partial charge in [-0.05, 0) is 77.3 Å². The normalized spacial score (nSPS) is 11.7. The minimum Gasteiger partial charge on any atom is -0.377 e. The molecule has 4 nitrogen and oxygen atoms in total. The highest BCUT2D eigenvalue weighted by Crippen LogP contribution is 2.34. The average Bonchev–Trinajstić information content (AvgIpc) is 2.66. The van der Waals surface area contributed by atoms with Crippen molar-refractivity contribution in [1.29, 1.82) is 0 Å². The van der Waals surface area contributed by atoms with Crippen LogP contribution in [0.4, 0.5) is 5.69 Å². The third kappa shape index (κ3) is 4.90. The van der Waals surface area contributed by atoms with Gasteiger partial charge in [-0.15, -0.1) is 0 Å². The molecule has 0 fully saturated rings. The van der Waals surface area contributed by atoms with Gasteiger partial charge in [-0.3, -0.25) is 4.99 Å². The van der Waals surface area contributed by atoms with Crippen LogP contribution in [0.25, 0.3) is 0 Å². The molecule has 3 rings (SSSR count). The van der Waals surface area contributed by atoms with Crippen LogP contribution in [0, 0.1) is 13.8 Å². The van der Waals surface area contributed by atoms with Gasteiger partial charge in [0, 0.05) is 16.3 Å². The summed E-state index contributed by atoms with van der Waals surface area (Å²) in [5.74, 6) is 0.180. The number of hydrogen-bond acceptors (Lipinski definition) is 4. The van der Waals surface area contributed by atoms with Crippen LogP contribution in [0.15, 0.2) is 79.5 Å². The van der Waals surface area contributed by atoms with E-state index in [1.165, 1.54) is 17.7 Å². The summed E-state index contributed by atoms with van der Waals surface area (Å²) in [6.45, 7) is 4.06. The van der Waals surface area contributed by atoms with Gasteiger partial charge < -0.3 is 4.18 Å². The SMILES string of the molecule is Cc1ccc(N=Cc2cc(Br)cc(Br)c2OS(=O)(=O)c2ccccc2)cc1C. The van der Waals surface area contributed by atoms with Crippen LogP contribution in [0.1, 0.15) is 16.7 Å². The number of rotatable bonds is 5. The van der Waals surface area contributed by atoms with E-state index in [2.05, 4.69) is 36.9 Å². The van der Waals surface area contributed by atoms with Gasteiger partial charge in [0.1, 0.15) is 4.90 Å². The third-order valence-corrected chi connectivity index (χ3v) is 6.39. The first kappa shape index (κ1) is 20.8. The van der Waals surface area contributed by atoms with Crippen LogP contribution < -0.4 is 4.18 Å². The summed E-state index contributed by atoms with van der Waals surface area (Å²) in [5, 5.41) is 0. The van der Waals surface area contributed by atoms with Crippen molar-refractivity contribution in [2.24, 2.45) is 4.99 Å². The Morgan fingerprint density at radius 3 is 2.32 bits per heavy atom. The molecule has 0 spiro atoms. The lowest BCUT2D eigenvalue weighted by Gasteiger charge is -2.12. The minimum atomic E-state index is -3.97. The molecule has 0 aliphatic carbocycles. The first-order valence-corrected chi connectivity index (χ1v) is 11.4. The molecule has 7 heteroatoms. The van der Waals surface area contributed by atoms with Gasteiger partial charge in [0.05, 0.1) is 10.2 Å². The first-order chi connectivity index (χ1) is 13.3. The Balaban J connectivity index is 2.00. The number of halogens is 2. The van der Waals surface area contributed by atoms with E-state index >= 15 is 0 Å². The second-order valence-corrected chi connectivity index (χ2v) is 9.50. The average molecular weight is 523 g/mol. The van der Waals surface area contributed by atoms with Crippen molar-refractivity contribution in [1.82, 2.24) is 0 Å². The van der Waals surface area contributed by atoms with E-state index < -0.39 is 10.1 Å². The fourth-order valence-electron chi connectivity index (χ4n) is 2.46. The van der Waals surface area contributed by atoms with Crippen molar-refractivity contribution >= 4 is 53.9 Å². The highest BCUT2D eigenvalue weighted by molar-refractivity contribution is 9.11. The topological polar surface area (TPSA) is 55.7 Å². The molecule has 0 saturated heterocycles. The summed E-state index contributed by atoms with van der Waals surface area (Å²) in [6.07, 6.45) is 1.59. The van der Waals surface area contributed by atoms with Crippen molar-refractivity contribution in [3.05, 3.63) is 86.3 Å². The molecule has 0 N–H and O–H groups in total. The van der Waals surface area contributed by atoms with Crippen LogP contribution in [0.3, 0.4) is 0 Å². The second-order valence-electron chi connectivity index (χ2n) is 6.18. The predicted octanol–water partition coefficient (Wildman–Crippen LogP) is 6.35. The summed E-state index contributed by atoms with van der Waals surface area (Å²) in [6, 6.07) is 17.4. The van der Waals surface area contributed by atoms with E-state index in [0.717, 1.165) is 15.7 Å². The molecule has 0 atom stereocenters. The van der Waals surface area contributed by atoms with Crippen LogP contribution in [-0.2, 0) is 10.1 Å². The van der Waals surface area contributed by atoms with Crippen molar-refractivity contribution in [3.8, 4) is 5.75 Å². The fraction of sp³-hybridized carbons (Fsp3) is 0.0952. The van der Waals surface area contributed by atoms with E-state index in [1.807, 2.05) is 32.0 Å². The molecule has 0 aliphatic heterocycles. The highest BCUT2D eigenvalue weighted by atomic mass is 79.9. The number of aliphatic imine (C=N–C) groups is 1. The van der Waals surface area contributed by atoms with Crippen molar-refractivity contribution < 1.29 is 12.6 Å². The number of nitrogens with zero attached hydrogens (tertiary/aromatic N) is 1. The lowest BCUT2D eigenvalue weighted by molar-refractivity contribution is 0.484. The minimum absolute atomic E-state index is 0.0851. The summed E-state index contributed by atoms with van der Waals surface area (Å²) in [7, 11) is -3.97. The summed E-state index contributed by atoms with van der Waals surface area (Å²) in [4.78, 5) is 4.57. The first-order valence-electron chi connectivity index (χ1n) is 8.36. The maximum Gasteiger partial charge on any atom is 0.339 e. The zero-order valence-electron chi connectivity index (χ0n) is 15.2. The van der Waals surface area contributed by atoms with Crippen molar-refractivity contribution in [3.63, 3.8) is 0 Å². The maximum atomic E-state index is 12.6. The van der Waals surface area contributed by atoms with Crippen molar-refractivity contribution in [2.45, 2.75) is 18.7 Å². The monoisotopic (exact) mass is 521 g/mol. The lowest BCUT2D eigenvalue weighted by atomic mass is 10.1. The molecule has 0 amide bonds. The molecule has 0 radical (unpaired) electrons. The molecular formula is C21H17Br2NO3S. The zero-order chi connectivity index (χ0) is 20.3. The number of hydrogen-bond donors (Lipinski definition) is 0. The quantitative estimate of drug-likeness (QED) is 0.290. The second kappa shape index (κ2) is 8.59. The molecule has 0 aromatic heterocycles. The Bertz CT molecular complexity index is 1140. The van der Waals surface area contributed by atoms with Gasteiger partial charge in [-0.25, -0.2) is 0 Å². The van der Waals surface area contributed by atoms with Gasteiger partial charge in [-0.2, -0.15) is 8.42 Å². The Hall–Kier alpha value is -1.96. The zero-order valence-corrected chi connectivity index (χ0v) is 19.2. The smallest absolute Gasteiger partial charge is 0.339 e. The maximum absolute atomic E-state index is 12.6. The van der Waals surface area contributed by atoms with E-state index in [1.54, 1.807) is 36.5 Å². The summed E-state index contributed by atoms with van der Waals surface area (Å²) in [5.41, 5.74) is 3.62. The fourth-order valence-corrected chi connectivity index (χ4v) is 4.90. The molecule has 28 heavy (non-hydrogen) atoms. The largest absolute Gasteiger partial charge is 0.377 e.